The molecule has 0 saturated carbocycles. The molecule has 1 aliphatic rings. The molecule has 1 aliphatic heterocycles. The fourth-order valence-electron chi connectivity index (χ4n) is 2.09. The number of rotatable bonds is 2. The Bertz CT molecular complexity index is 541. The van der Waals surface area contributed by atoms with E-state index in [1.807, 2.05) is 12.1 Å². The van der Waals surface area contributed by atoms with Crippen molar-refractivity contribution >= 4 is 23.4 Å². The molecule has 3 heterocycles. The zero-order valence-electron chi connectivity index (χ0n) is 10.1. The number of hydrogen-bond acceptors (Lipinski definition) is 6. The van der Waals surface area contributed by atoms with Gasteiger partial charge in [-0.2, -0.15) is 4.98 Å². The minimum Gasteiger partial charge on any atom is -0.467 e. The van der Waals surface area contributed by atoms with Crippen LogP contribution in [-0.4, -0.2) is 29.7 Å². The van der Waals surface area contributed by atoms with Gasteiger partial charge in [-0.3, -0.25) is 0 Å². The van der Waals surface area contributed by atoms with Gasteiger partial charge >= 0.3 is 0 Å². The minimum absolute atomic E-state index is 0.112. The van der Waals surface area contributed by atoms with E-state index in [1.54, 1.807) is 12.3 Å². The monoisotopic (exact) mass is 280 g/mol. The number of furan rings is 1. The molecule has 2 aromatic rings. The number of morpholine rings is 1. The Labute approximate surface area is 115 Å². The van der Waals surface area contributed by atoms with Gasteiger partial charge in [0.05, 0.1) is 19.4 Å². The maximum absolute atomic E-state index is 5.90. The molecule has 6 nitrogen and oxygen atoms in total. The van der Waals surface area contributed by atoms with E-state index in [1.165, 1.54) is 0 Å². The lowest BCUT2D eigenvalue weighted by Crippen LogP contribution is -2.38. The first-order chi connectivity index (χ1) is 9.22. The summed E-state index contributed by atoms with van der Waals surface area (Å²) in [5, 5.41) is 0.337. The summed E-state index contributed by atoms with van der Waals surface area (Å²) >= 11 is 5.90. The molecule has 0 bridgehead atoms. The number of anilines is 2. The van der Waals surface area contributed by atoms with Gasteiger partial charge in [0, 0.05) is 12.6 Å². The van der Waals surface area contributed by atoms with Gasteiger partial charge in [0.15, 0.2) is 0 Å². The molecule has 1 unspecified atom stereocenters. The van der Waals surface area contributed by atoms with Crippen LogP contribution in [0.15, 0.2) is 28.9 Å². The van der Waals surface area contributed by atoms with Crippen LogP contribution in [0.3, 0.4) is 0 Å². The van der Waals surface area contributed by atoms with Crippen molar-refractivity contribution in [3.8, 4) is 0 Å². The van der Waals surface area contributed by atoms with E-state index in [0.29, 0.717) is 24.1 Å². The van der Waals surface area contributed by atoms with Crippen molar-refractivity contribution in [2.24, 2.45) is 0 Å². The highest BCUT2D eigenvalue weighted by Crippen LogP contribution is 2.26. The summed E-state index contributed by atoms with van der Waals surface area (Å²) in [6.07, 6.45) is 1.52. The summed E-state index contributed by atoms with van der Waals surface area (Å²) in [6, 6.07) is 5.44. The highest BCUT2D eigenvalue weighted by atomic mass is 35.5. The SMILES string of the molecule is Nc1nc(Cl)cc(N2CCOC(c3ccco3)C2)n1. The summed E-state index contributed by atoms with van der Waals surface area (Å²) in [5.74, 6) is 1.68. The maximum Gasteiger partial charge on any atom is 0.223 e. The fraction of sp³-hybridized carbons (Fsp3) is 0.333. The van der Waals surface area contributed by atoms with E-state index in [0.717, 1.165) is 12.3 Å². The number of halogens is 1. The van der Waals surface area contributed by atoms with Gasteiger partial charge in [-0.05, 0) is 12.1 Å². The number of aromatic nitrogens is 2. The molecule has 0 aliphatic carbocycles. The number of nitrogen functional groups attached to an aromatic ring is 1. The molecule has 0 spiro atoms. The first-order valence-electron chi connectivity index (χ1n) is 5.92. The molecule has 1 fully saturated rings. The van der Waals surface area contributed by atoms with Crippen molar-refractivity contribution < 1.29 is 9.15 Å². The first-order valence-corrected chi connectivity index (χ1v) is 6.30. The van der Waals surface area contributed by atoms with Crippen LogP contribution in [0.25, 0.3) is 0 Å². The Balaban J connectivity index is 1.81. The third-order valence-corrected chi connectivity index (χ3v) is 3.14. The smallest absolute Gasteiger partial charge is 0.223 e. The van der Waals surface area contributed by atoms with E-state index < -0.39 is 0 Å². The van der Waals surface area contributed by atoms with E-state index in [2.05, 4.69) is 14.9 Å². The normalized spacial score (nSPS) is 19.6. The summed E-state index contributed by atoms with van der Waals surface area (Å²) in [4.78, 5) is 10.1. The van der Waals surface area contributed by atoms with Gasteiger partial charge in [0.2, 0.25) is 5.95 Å². The number of ether oxygens (including phenoxy) is 1. The van der Waals surface area contributed by atoms with E-state index in [4.69, 9.17) is 26.5 Å². The van der Waals surface area contributed by atoms with E-state index in [-0.39, 0.29) is 12.1 Å². The highest BCUT2D eigenvalue weighted by molar-refractivity contribution is 6.29. The average Bonchev–Trinajstić information content (AvgIpc) is 2.92. The second kappa shape index (κ2) is 5.07. The lowest BCUT2D eigenvalue weighted by atomic mass is 10.2. The van der Waals surface area contributed by atoms with Crippen LogP contribution in [0.5, 0.6) is 0 Å². The van der Waals surface area contributed by atoms with Crippen LogP contribution in [-0.2, 0) is 4.74 Å². The van der Waals surface area contributed by atoms with Gasteiger partial charge < -0.3 is 19.8 Å². The first kappa shape index (κ1) is 12.3. The molecule has 0 radical (unpaired) electrons. The average molecular weight is 281 g/mol. The molecule has 3 rings (SSSR count). The number of nitrogens with two attached hydrogens (primary N) is 1. The second-order valence-electron chi connectivity index (χ2n) is 4.23. The number of nitrogens with zero attached hydrogens (tertiary/aromatic N) is 3. The van der Waals surface area contributed by atoms with Crippen LogP contribution in [0.2, 0.25) is 5.15 Å². The summed E-state index contributed by atoms with van der Waals surface area (Å²) in [6.45, 7) is 1.96. The Morgan fingerprint density at radius 2 is 2.32 bits per heavy atom. The quantitative estimate of drug-likeness (QED) is 0.847. The number of hydrogen-bond donors (Lipinski definition) is 1. The Hall–Kier alpha value is -1.79. The van der Waals surface area contributed by atoms with Crippen LogP contribution < -0.4 is 10.6 Å². The van der Waals surface area contributed by atoms with E-state index in [9.17, 15) is 0 Å². The predicted octanol–water partition coefficient (Wildman–Crippen LogP) is 1.88. The third kappa shape index (κ3) is 2.64. The van der Waals surface area contributed by atoms with Gasteiger partial charge in [-0.1, -0.05) is 11.6 Å². The van der Waals surface area contributed by atoms with Crippen molar-refractivity contribution in [1.82, 2.24) is 9.97 Å². The highest BCUT2D eigenvalue weighted by Gasteiger charge is 2.25. The third-order valence-electron chi connectivity index (χ3n) is 2.95. The lowest BCUT2D eigenvalue weighted by molar-refractivity contribution is 0.0255. The Morgan fingerprint density at radius 1 is 1.42 bits per heavy atom. The molecule has 7 heteroatoms. The summed E-state index contributed by atoms with van der Waals surface area (Å²) < 4.78 is 11.1. The summed E-state index contributed by atoms with van der Waals surface area (Å²) in [7, 11) is 0. The van der Waals surface area contributed by atoms with Crippen molar-refractivity contribution in [3.05, 3.63) is 35.4 Å². The molecular weight excluding hydrogens is 268 g/mol. The lowest BCUT2D eigenvalue weighted by Gasteiger charge is -2.32. The van der Waals surface area contributed by atoms with Crippen LogP contribution in [0.1, 0.15) is 11.9 Å². The van der Waals surface area contributed by atoms with Gasteiger partial charge in [-0.15, -0.1) is 0 Å². The van der Waals surface area contributed by atoms with Crippen LogP contribution >= 0.6 is 11.6 Å². The van der Waals surface area contributed by atoms with Crippen molar-refractivity contribution in [2.75, 3.05) is 30.3 Å². The summed E-state index contributed by atoms with van der Waals surface area (Å²) in [5.41, 5.74) is 5.61. The minimum atomic E-state index is -0.112. The molecule has 100 valence electrons. The molecule has 0 amide bonds. The molecule has 1 atom stereocenters. The van der Waals surface area contributed by atoms with Gasteiger partial charge in [-0.25, -0.2) is 4.98 Å². The van der Waals surface area contributed by atoms with Gasteiger partial charge in [0.1, 0.15) is 22.8 Å². The molecule has 1 saturated heterocycles. The molecule has 2 N–H and O–H groups in total. The topological polar surface area (TPSA) is 77.4 Å². The van der Waals surface area contributed by atoms with Crippen molar-refractivity contribution in [3.63, 3.8) is 0 Å². The van der Waals surface area contributed by atoms with E-state index >= 15 is 0 Å². The predicted molar refractivity (Wildman–Crippen MR) is 71.1 cm³/mol. The second-order valence-corrected chi connectivity index (χ2v) is 4.62. The van der Waals surface area contributed by atoms with Crippen LogP contribution in [0.4, 0.5) is 11.8 Å². The fourth-order valence-corrected chi connectivity index (χ4v) is 2.27. The molecule has 19 heavy (non-hydrogen) atoms. The Kier molecular flexibility index (Phi) is 3.27. The van der Waals surface area contributed by atoms with Crippen LogP contribution in [0, 0.1) is 0 Å². The van der Waals surface area contributed by atoms with Crippen molar-refractivity contribution in [2.45, 2.75) is 6.10 Å². The zero-order valence-corrected chi connectivity index (χ0v) is 10.9. The maximum atomic E-state index is 5.90. The Morgan fingerprint density at radius 3 is 3.05 bits per heavy atom. The van der Waals surface area contributed by atoms with Gasteiger partial charge in [0.25, 0.3) is 0 Å². The molecule has 2 aromatic heterocycles. The largest absolute Gasteiger partial charge is 0.467 e. The standard InChI is InChI=1S/C12H13ClN4O2/c13-10-6-11(16-12(14)15-10)17-3-5-19-9(7-17)8-2-1-4-18-8/h1-2,4,6,9H,3,5,7H2,(H2,14,15,16). The zero-order chi connectivity index (χ0) is 13.2. The van der Waals surface area contributed by atoms with Crippen molar-refractivity contribution in [1.29, 1.82) is 0 Å². The molecular formula is C12H13ClN4O2. The molecule has 0 aromatic carbocycles.